The zero-order valence-electron chi connectivity index (χ0n) is 20.5. The summed E-state index contributed by atoms with van der Waals surface area (Å²) in [6, 6.07) is 4.88. The van der Waals surface area contributed by atoms with Crippen LogP contribution in [0.1, 0.15) is 52.0 Å². The van der Waals surface area contributed by atoms with Crippen LogP contribution in [0.25, 0.3) is 0 Å². The Bertz CT molecular complexity index is 1290. The van der Waals surface area contributed by atoms with E-state index in [1.807, 2.05) is 26.8 Å². The second-order valence-corrected chi connectivity index (χ2v) is 10.8. The molecule has 3 aliphatic carbocycles. The molecule has 7 heteroatoms. The highest BCUT2D eigenvalue weighted by atomic mass is 16.5. The quantitative estimate of drug-likeness (QED) is 0.398. The molecule has 1 heterocycles. The van der Waals surface area contributed by atoms with Gasteiger partial charge < -0.3 is 9.84 Å². The maximum absolute atomic E-state index is 13.6. The molecular formula is C28H29NO6. The Morgan fingerprint density at radius 2 is 1.77 bits per heavy atom. The maximum atomic E-state index is 13.6. The second kappa shape index (κ2) is 7.77. The minimum atomic E-state index is -0.678. The predicted octanol–water partition coefficient (Wildman–Crippen LogP) is 3.63. The average Bonchev–Trinajstić information content (AvgIpc) is 3.06. The van der Waals surface area contributed by atoms with Crippen LogP contribution in [0.4, 0.5) is 0 Å². The van der Waals surface area contributed by atoms with Gasteiger partial charge in [0, 0.05) is 39.8 Å². The minimum absolute atomic E-state index is 0.0541. The van der Waals surface area contributed by atoms with Crippen LogP contribution in [-0.4, -0.2) is 46.0 Å². The molecule has 35 heavy (non-hydrogen) atoms. The Labute approximate surface area is 204 Å². The first-order chi connectivity index (χ1) is 16.5. The SMILES string of the molecule is COc1ccc(C2C3=CCC4C(=O)N(C(C)(C)C)C(=O)C4C3CC3=C2C(=O)C=C(C)C3=O)c(O)c1. The number of hydrogen-bond acceptors (Lipinski definition) is 6. The number of ketones is 2. The smallest absolute Gasteiger partial charge is 0.234 e. The largest absolute Gasteiger partial charge is 0.507 e. The van der Waals surface area contributed by atoms with E-state index in [1.165, 1.54) is 24.2 Å². The number of likely N-dealkylation sites (tertiary alicyclic amines) is 1. The third-order valence-corrected chi connectivity index (χ3v) is 7.78. The lowest BCUT2D eigenvalue weighted by Gasteiger charge is -2.42. The van der Waals surface area contributed by atoms with E-state index in [0.717, 1.165) is 5.57 Å². The topological polar surface area (TPSA) is 101 Å². The first-order valence-electron chi connectivity index (χ1n) is 11.9. The Kier molecular flexibility index (Phi) is 5.16. The zero-order valence-corrected chi connectivity index (χ0v) is 20.5. The van der Waals surface area contributed by atoms with Gasteiger partial charge in [-0.3, -0.25) is 24.1 Å². The number of carbonyl (C=O) groups excluding carboxylic acids is 4. The van der Waals surface area contributed by atoms with Crippen molar-refractivity contribution >= 4 is 23.4 Å². The van der Waals surface area contributed by atoms with Crippen LogP contribution in [0.15, 0.2) is 52.6 Å². The number of amides is 2. The third-order valence-electron chi connectivity index (χ3n) is 7.78. The van der Waals surface area contributed by atoms with Crippen molar-refractivity contribution in [2.45, 2.75) is 52.0 Å². The molecule has 1 aliphatic heterocycles. The van der Waals surface area contributed by atoms with Crippen LogP contribution < -0.4 is 4.74 Å². The van der Waals surface area contributed by atoms with Gasteiger partial charge in [0.05, 0.1) is 18.9 Å². The molecule has 0 spiro atoms. The van der Waals surface area contributed by atoms with E-state index in [0.29, 0.717) is 34.5 Å². The van der Waals surface area contributed by atoms with Crippen molar-refractivity contribution in [1.82, 2.24) is 4.90 Å². The molecule has 182 valence electrons. The lowest BCUT2D eigenvalue weighted by atomic mass is 9.59. The molecule has 7 nitrogen and oxygen atoms in total. The number of Topliss-reactive ketones (excluding diaryl/α,β-unsaturated/α-hetero) is 1. The molecule has 4 atom stereocenters. The summed E-state index contributed by atoms with van der Waals surface area (Å²) in [4.78, 5) is 54.8. The number of aromatic hydroxyl groups is 1. The molecule has 0 saturated carbocycles. The monoisotopic (exact) mass is 475 g/mol. The van der Waals surface area contributed by atoms with Crippen LogP contribution >= 0.6 is 0 Å². The molecule has 0 aromatic heterocycles. The number of phenolic OH excluding ortho intramolecular Hbond substituents is 1. The number of allylic oxidation sites excluding steroid dienone is 6. The predicted molar refractivity (Wildman–Crippen MR) is 128 cm³/mol. The Hall–Kier alpha value is -3.48. The molecule has 1 fully saturated rings. The molecule has 2 amide bonds. The first kappa shape index (κ1) is 23.3. The molecular weight excluding hydrogens is 446 g/mol. The van der Waals surface area contributed by atoms with Crippen LogP contribution in [0, 0.1) is 17.8 Å². The van der Waals surface area contributed by atoms with Crippen LogP contribution in [0.5, 0.6) is 11.5 Å². The number of carbonyl (C=O) groups is 4. The summed E-state index contributed by atoms with van der Waals surface area (Å²) in [6.07, 6.45) is 3.90. The Morgan fingerprint density at radius 3 is 2.40 bits per heavy atom. The van der Waals surface area contributed by atoms with Gasteiger partial charge in [-0.2, -0.15) is 0 Å². The number of hydrogen-bond donors (Lipinski definition) is 1. The van der Waals surface area contributed by atoms with Crippen molar-refractivity contribution in [2.75, 3.05) is 7.11 Å². The van der Waals surface area contributed by atoms with E-state index in [9.17, 15) is 24.3 Å². The molecule has 0 radical (unpaired) electrons. The van der Waals surface area contributed by atoms with Gasteiger partial charge in [-0.05, 0) is 58.6 Å². The van der Waals surface area contributed by atoms with Gasteiger partial charge in [-0.25, -0.2) is 0 Å². The van der Waals surface area contributed by atoms with Crippen LogP contribution in [0.2, 0.25) is 0 Å². The minimum Gasteiger partial charge on any atom is -0.507 e. The molecule has 5 rings (SSSR count). The molecule has 1 saturated heterocycles. The van der Waals surface area contributed by atoms with Crippen molar-refractivity contribution in [1.29, 1.82) is 0 Å². The summed E-state index contributed by atoms with van der Waals surface area (Å²) in [5.41, 5.74) is 1.73. The van der Waals surface area contributed by atoms with Gasteiger partial charge in [-0.1, -0.05) is 17.7 Å². The third kappa shape index (κ3) is 3.32. The van der Waals surface area contributed by atoms with Crippen molar-refractivity contribution in [2.24, 2.45) is 17.8 Å². The fourth-order valence-corrected chi connectivity index (χ4v) is 6.29. The van der Waals surface area contributed by atoms with Gasteiger partial charge >= 0.3 is 0 Å². The summed E-state index contributed by atoms with van der Waals surface area (Å²) >= 11 is 0. The zero-order chi connectivity index (χ0) is 25.4. The lowest BCUT2D eigenvalue weighted by Crippen LogP contribution is -2.46. The average molecular weight is 476 g/mol. The number of ether oxygens (including phenoxy) is 1. The fourth-order valence-electron chi connectivity index (χ4n) is 6.29. The van der Waals surface area contributed by atoms with E-state index in [4.69, 9.17) is 4.74 Å². The van der Waals surface area contributed by atoms with Crippen molar-refractivity contribution in [3.8, 4) is 11.5 Å². The summed E-state index contributed by atoms with van der Waals surface area (Å²) in [5, 5.41) is 10.9. The lowest BCUT2D eigenvalue weighted by molar-refractivity contribution is -0.145. The summed E-state index contributed by atoms with van der Waals surface area (Å²) < 4.78 is 5.22. The van der Waals surface area contributed by atoms with E-state index >= 15 is 0 Å². The molecule has 1 N–H and O–H groups in total. The van der Waals surface area contributed by atoms with E-state index < -0.39 is 29.2 Å². The number of nitrogens with zero attached hydrogens (tertiary/aromatic N) is 1. The highest BCUT2D eigenvalue weighted by Crippen LogP contribution is 2.56. The second-order valence-electron chi connectivity index (χ2n) is 10.8. The summed E-state index contributed by atoms with van der Waals surface area (Å²) in [6.45, 7) is 7.13. The van der Waals surface area contributed by atoms with Gasteiger partial charge in [-0.15, -0.1) is 0 Å². The Morgan fingerprint density at radius 1 is 1.06 bits per heavy atom. The van der Waals surface area contributed by atoms with Gasteiger partial charge in [0.1, 0.15) is 11.5 Å². The molecule has 1 aromatic carbocycles. The maximum Gasteiger partial charge on any atom is 0.234 e. The van der Waals surface area contributed by atoms with Crippen LogP contribution in [-0.2, 0) is 19.2 Å². The van der Waals surface area contributed by atoms with Gasteiger partial charge in [0.2, 0.25) is 11.8 Å². The Balaban J connectivity index is 1.70. The van der Waals surface area contributed by atoms with Gasteiger partial charge in [0.15, 0.2) is 11.6 Å². The van der Waals surface area contributed by atoms with E-state index in [2.05, 4.69) is 0 Å². The van der Waals surface area contributed by atoms with E-state index in [1.54, 1.807) is 19.1 Å². The highest BCUT2D eigenvalue weighted by Gasteiger charge is 2.58. The summed E-state index contributed by atoms with van der Waals surface area (Å²) in [7, 11) is 1.50. The summed E-state index contributed by atoms with van der Waals surface area (Å²) in [5.74, 6) is -2.67. The number of fused-ring (bicyclic) bond motifs is 3. The van der Waals surface area contributed by atoms with Crippen molar-refractivity contribution in [3.63, 3.8) is 0 Å². The van der Waals surface area contributed by atoms with Crippen LogP contribution in [0.3, 0.4) is 0 Å². The first-order valence-corrected chi connectivity index (χ1v) is 11.9. The number of phenols is 1. The fraction of sp³-hybridized carbons (Fsp3) is 0.429. The molecule has 0 bridgehead atoms. The normalized spacial score (nSPS) is 28.4. The molecule has 4 unspecified atom stereocenters. The van der Waals surface area contributed by atoms with E-state index in [-0.39, 0.29) is 35.6 Å². The molecule has 1 aromatic rings. The number of methoxy groups -OCH3 is 1. The molecule has 4 aliphatic rings. The van der Waals surface area contributed by atoms with Crippen molar-refractivity contribution < 1.29 is 29.0 Å². The number of imide groups is 1. The van der Waals surface area contributed by atoms with Crippen molar-refractivity contribution in [3.05, 3.63) is 58.2 Å². The number of benzene rings is 1. The number of rotatable bonds is 2. The highest BCUT2D eigenvalue weighted by molar-refractivity contribution is 6.23. The standard InChI is InChI=1S/C28H29NO6/c1-13-10-21(31)24-19(25(13)32)12-18-15(22(24)16-7-6-14(35-5)11-20(16)30)8-9-17-23(18)27(34)29(26(17)33)28(2,3)4/h6-8,10-11,17-18,22-23,30H,9,12H2,1-5H3. The van der Waals surface area contributed by atoms with Gasteiger partial charge in [0.25, 0.3) is 0 Å².